The van der Waals surface area contributed by atoms with E-state index in [0.717, 1.165) is 57.4 Å². The molecule has 2 heterocycles. The minimum atomic E-state index is -0.575. The smallest absolute Gasteiger partial charge is 0.339 e. The Morgan fingerprint density at radius 3 is 1.65 bits per heavy atom. The van der Waals surface area contributed by atoms with Crippen LogP contribution in [0.25, 0.3) is 0 Å². The Bertz CT molecular complexity index is 791. The van der Waals surface area contributed by atoms with Gasteiger partial charge in [-0.2, -0.15) is 0 Å². The van der Waals surface area contributed by atoms with Crippen LogP contribution in [0.5, 0.6) is 0 Å². The van der Waals surface area contributed by atoms with Crippen molar-refractivity contribution in [3.05, 3.63) is 34.9 Å². The number of nitrogens with two attached hydrogens (primary N) is 2. The normalized spacial score (nSPS) is 19.1. The third kappa shape index (κ3) is 5.86. The fourth-order valence-corrected chi connectivity index (χ4v) is 5.00. The molecule has 2 fully saturated rings. The number of hydrogen-bond donors (Lipinski definition) is 2. The van der Waals surface area contributed by atoms with E-state index >= 15 is 0 Å². The van der Waals surface area contributed by atoms with Crippen molar-refractivity contribution in [1.82, 2.24) is 0 Å². The Labute approximate surface area is 186 Å². The van der Waals surface area contributed by atoms with Gasteiger partial charge in [-0.3, -0.25) is 0 Å². The highest BCUT2D eigenvalue weighted by atomic mass is 16.6. The molecule has 6 heteroatoms. The minimum Gasteiger partial charge on any atom is -0.456 e. The van der Waals surface area contributed by atoms with Crippen LogP contribution in [-0.4, -0.2) is 49.3 Å². The molecule has 0 amide bonds. The molecule has 0 unspecified atom stereocenters. The summed E-state index contributed by atoms with van der Waals surface area (Å²) < 4.78 is 12.0. The molecule has 2 saturated heterocycles. The second-order valence-electron chi connectivity index (χ2n) is 10.3. The Kier molecular flexibility index (Phi) is 7.43. The lowest BCUT2D eigenvalue weighted by atomic mass is 9.83. The van der Waals surface area contributed by atoms with Crippen molar-refractivity contribution in [3.63, 3.8) is 0 Å². The summed E-state index contributed by atoms with van der Waals surface area (Å²) in [5.74, 6) is -0.245. The molecule has 31 heavy (non-hydrogen) atoms. The Balaban J connectivity index is 1.77. The molecule has 4 N–H and O–H groups in total. The Morgan fingerprint density at radius 1 is 0.774 bits per heavy atom. The molecular formula is C25H40N2O4+2. The molecule has 3 rings (SSSR count). The Hall–Kier alpha value is -1.92. The van der Waals surface area contributed by atoms with E-state index in [2.05, 4.69) is 10.6 Å². The van der Waals surface area contributed by atoms with E-state index in [1.165, 1.54) is 0 Å². The molecule has 172 valence electrons. The zero-order valence-electron chi connectivity index (χ0n) is 19.8. The predicted octanol–water partition coefficient (Wildman–Crippen LogP) is 1.81. The SMILES string of the molecule is Cc1ccc(C(=O)OC(C)(C)C2CC[NH2+]CC2)c(C(=O)OC(C)(C)C2CC[NH2+]CC2)c1. The van der Waals surface area contributed by atoms with E-state index in [1.54, 1.807) is 12.1 Å². The lowest BCUT2D eigenvalue weighted by Crippen LogP contribution is -2.86. The van der Waals surface area contributed by atoms with E-state index in [1.807, 2.05) is 40.7 Å². The van der Waals surface area contributed by atoms with Crippen molar-refractivity contribution < 1.29 is 29.7 Å². The summed E-state index contributed by atoms with van der Waals surface area (Å²) >= 11 is 0. The first kappa shape index (κ1) is 23.7. The first-order valence-electron chi connectivity index (χ1n) is 11.8. The second kappa shape index (κ2) is 9.70. The maximum absolute atomic E-state index is 13.2. The van der Waals surface area contributed by atoms with Gasteiger partial charge in [0.15, 0.2) is 0 Å². The van der Waals surface area contributed by atoms with Gasteiger partial charge in [-0.15, -0.1) is 0 Å². The van der Waals surface area contributed by atoms with E-state index in [4.69, 9.17) is 9.47 Å². The first-order chi connectivity index (χ1) is 14.6. The first-order valence-corrected chi connectivity index (χ1v) is 11.8. The molecule has 2 aliphatic heterocycles. The van der Waals surface area contributed by atoms with E-state index < -0.39 is 23.1 Å². The van der Waals surface area contributed by atoms with Crippen LogP contribution in [0.4, 0.5) is 0 Å². The zero-order chi connectivity index (χ0) is 22.6. The number of carbonyl (C=O) groups is 2. The van der Waals surface area contributed by atoms with Crippen LogP contribution in [0.15, 0.2) is 18.2 Å². The maximum Gasteiger partial charge on any atom is 0.339 e. The molecule has 0 spiro atoms. The average molecular weight is 433 g/mol. The van der Waals surface area contributed by atoms with Crippen molar-refractivity contribution in [3.8, 4) is 0 Å². The number of hydrogen-bond acceptors (Lipinski definition) is 4. The Morgan fingerprint density at radius 2 is 1.19 bits per heavy atom. The van der Waals surface area contributed by atoms with E-state index in [9.17, 15) is 9.59 Å². The van der Waals surface area contributed by atoms with E-state index in [0.29, 0.717) is 23.0 Å². The number of aryl methyl sites for hydroxylation is 1. The second-order valence-corrected chi connectivity index (χ2v) is 10.3. The lowest BCUT2D eigenvalue weighted by molar-refractivity contribution is -0.666. The van der Waals surface area contributed by atoms with Crippen LogP contribution >= 0.6 is 0 Å². The third-order valence-electron chi connectivity index (χ3n) is 7.17. The molecule has 6 nitrogen and oxygen atoms in total. The zero-order valence-corrected chi connectivity index (χ0v) is 19.8. The molecule has 0 saturated carbocycles. The third-order valence-corrected chi connectivity index (χ3v) is 7.17. The summed E-state index contributed by atoms with van der Waals surface area (Å²) in [5, 5.41) is 4.60. The number of rotatable bonds is 6. The van der Waals surface area contributed by atoms with Gasteiger partial charge < -0.3 is 20.1 Å². The molecule has 0 bridgehead atoms. The number of esters is 2. The minimum absolute atomic E-state index is 0.291. The van der Waals surface area contributed by atoms with Crippen molar-refractivity contribution >= 4 is 11.9 Å². The van der Waals surface area contributed by atoms with Gasteiger partial charge in [0, 0.05) is 37.5 Å². The molecular weight excluding hydrogens is 392 g/mol. The van der Waals surface area contributed by atoms with Gasteiger partial charge in [0.2, 0.25) is 0 Å². The summed E-state index contributed by atoms with van der Waals surface area (Å²) in [4.78, 5) is 26.4. The molecule has 0 aromatic heterocycles. The largest absolute Gasteiger partial charge is 0.456 e. The summed E-state index contributed by atoms with van der Waals surface area (Å²) in [6, 6.07) is 5.28. The van der Waals surface area contributed by atoms with Gasteiger partial charge in [-0.1, -0.05) is 11.6 Å². The van der Waals surface area contributed by atoms with Crippen LogP contribution in [0.1, 0.15) is 79.7 Å². The highest BCUT2D eigenvalue weighted by molar-refractivity contribution is 6.03. The molecule has 0 aliphatic carbocycles. The fourth-order valence-electron chi connectivity index (χ4n) is 5.00. The van der Waals surface area contributed by atoms with Crippen molar-refractivity contribution in [1.29, 1.82) is 0 Å². The van der Waals surface area contributed by atoms with Crippen LogP contribution < -0.4 is 10.6 Å². The van der Waals surface area contributed by atoms with Gasteiger partial charge >= 0.3 is 11.9 Å². The standard InChI is InChI=1S/C25H38N2O4/c1-17-6-7-20(22(28)30-24(2,3)18-8-12-26-13-9-18)21(16-17)23(29)31-25(4,5)19-10-14-27-15-11-19/h6-7,16,18-19,26-27H,8-15H2,1-5H3/p+2. The topological polar surface area (TPSA) is 85.8 Å². The molecule has 0 radical (unpaired) electrons. The monoisotopic (exact) mass is 432 g/mol. The molecule has 1 aromatic rings. The summed E-state index contributed by atoms with van der Waals surface area (Å²) in [6.45, 7) is 14.1. The highest BCUT2D eigenvalue weighted by Crippen LogP contribution is 2.31. The van der Waals surface area contributed by atoms with Crippen LogP contribution in [-0.2, 0) is 9.47 Å². The number of benzene rings is 1. The van der Waals surface area contributed by atoms with Crippen molar-refractivity contribution in [2.45, 2.75) is 71.5 Å². The number of ether oxygens (including phenoxy) is 2. The average Bonchev–Trinajstić information content (AvgIpc) is 2.74. The van der Waals surface area contributed by atoms with Gasteiger partial charge in [0.25, 0.3) is 0 Å². The molecule has 2 aliphatic rings. The van der Waals surface area contributed by atoms with Crippen molar-refractivity contribution in [2.24, 2.45) is 11.8 Å². The lowest BCUT2D eigenvalue weighted by Gasteiger charge is -2.36. The number of carbonyl (C=O) groups excluding carboxylic acids is 2. The molecule has 0 atom stereocenters. The van der Waals surface area contributed by atoms with Crippen molar-refractivity contribution in [2.75, 3.05) is 26.2 Å². The number of piperidine rings is 2. The van der Waals surface area contributed by atoms with Gasteiger partial charge in [0.1, 0.15) is 11.2 Å². The maximum atomic E-state index is 13.2. The van der Waals surface area contributed by atoms with Gasteiger partial charge in [0.05, 0.1) is 37.3 Å². The quantitative estimate of drug-likeness (QED) is 0.672. The predicted molar refractivity (Wildman–Crippen MR) is 119 cm³/mol. The van der Waals surface area contributed by atoms with Crippen LogP contribution in [0, 0.1) is 18.8 Å². The van der Waals surface area contributed by atoms with Gasteiger partial charge in [-0.05, 0) is 46.8 Å². The summed E-state index contributed by atoms with van der Waals surface area (Å²) in [7, 11) is 0. The number of quaternary nitrogens is 2. The molecule has 1 aromatic carbocycles. The van der Waals surface area contributed by atoms with Crippen LogP contribution in [0.3, 0.4) is 0 Å². The summed E-state index contributed by atoms with van der Waals surface area (Å²) in [5.41, 5.74) is 0.353. The van der Waals surface area contributed by atoms with E-state index in [-0.39, 0.29) is 0 Å². The van der Waals surface area contributed by atoms with Crippen LogP contribution in [0.2, 0.25) is 0 Å². The highest BCUT2D eigenvalue weighted by Gasteiger charge is 2.38. The summed E-state index contributed by atoms with van der Waals surface area (Å²) in [6.07, 6.45) is 4.10. The fraction of sp³-hybridized carbons (Fsp3) is 0.680. The van der Waals surface area contributed by atoms with Gasteiger partial charge in [-0.25, -0.2) is 9.59 Å².